The van der Waals surface area contributed by atoms with Crippen molar-refractivity contribution in [1.82, 2.24) is 5.32 Å². The maximum absolute atomic E-state index is 7.96. The lowest BCUT2D eigenvalue weighted by atomic mass is 10.3. The quantitative estimate of drug-likeness (QED) is 0.311. The molecule has 0 bridgehead atoms. The zero-order chi connectivity index (χ0) is 5.70. The van der Waals surface area contributed by atoms with Crippen LogP contribution >= 0.6 is 0 Å². The predicted molar refractivity (Wildman–Crippen MR) is 28.4 cm³/mol. The maximum Gasteiger partial charge on any atom is 0.177 e. The molecule has 0 aliphatic rings. The van der Waals surface area contributed by atoms with Crippen LogP contribution in [0, 0.1) is 11.5 Å². The highest BCUT2D eigenvalue weighted by molar-refractivity contribution is 4.86. The van der Waals surface area contributed by atoms with Crippen molar-refractivity contribution in [3.63, 3.8) is 0 Å². The van der Waals surface area contributed by atoms with Crippen molar-refractivity contribution in [2.24, 2.45) is 0 Å². The number of hydrogen-bond donors (Lipinski definition) is 1. The summed E-state index contributed by atoms with van der Waals surface area (Å²) in [4.78, 5) is 0. The Bertz CT molecular complexity index is 90.7. The normalized spacial score (nSPS) is 11.4. The van der Waals surface area contributed by atoms with Crippen LogP contribution in [0.3, 0.4) is 0 Å². The lowest BCUT2D eigenvalue weighted by molar-refractivity contribution is 0.784. The first kappa shape index (κ1) is 6.03. The van der Waals surface area contributed by atoms with Crippen LogP contribution in [-0.2, 0) is 0 Å². The fourth-order valence-corrected chi connectivity index (χ4v) is 0.161. The van der Waals surface area contributed by atoms with Gasteiger partial charge in [0.15, 0.2) is 6.19 Å². The van der Waals surface area contributed by atoms with E-state index >= 15 is 0 Å². The van der Waals surface area contributed by atoms with Crippen molar-refractivity contribution in [2.45, 2.75) is 13.0 Å². The minimum absolute atomic E-state index is 0.102. The van der Waals surface area contributed by atoms with Gasteiger partial charge in [-0.05, 0) is 6.92 Å². The molecular formula is C5H8N2. The van der Waals surface area contributed by atoms with Crippen LogP contribution in [0.5, 0.6) is 0 Å². The van der Waals surface area contributed by atoms with Crippen LogP contribution in [0.2, 0.25) is 0 Å². The van der Waals surface area contributed by atoms with Crippen LogP contribution in [0.1, 0.15) is 6.92 Å². The lowest BCUT2D eigenvalue weighted by Crippen LogP contribution is -2.16. The molecule has 0 saturated carbocycles. The van der Waals surface area contributed by atoms with Crippen molar-refractivity contribution < 1.29 is 0 Å². The third kappa shape index (κ3) is 2.84. The van der Waals surface area contributed by atoms with E-state index in [2.05, 4.69) is 11.9 Å². The van der Waals surface area contributed by atoms with Crippen molar-refractivity contribution >= 4 is 0 Å². The van der Waals surface area contributed by atoms with Crippen molar-refractivity contribution in [3.8, 4) is 6.19 Å². The van der Waals surface area contributed by atoms with E-state index in [4.69, 9.17) is 5.26 Å². The van der Waals surface area contributed by atoms with Crippen molar-refractivity contribution in [1.29, 1.82) is 5.26 Å². The van der Waals surface area contributed by atoms with Gasteiger partial charge in [0.2, 0.25) is 0 Å². The van der Waals surface area contributed by atoms with E-state index in [-0.39, 0.29) is 6.04 Å². The molecule has 0 aromatic carbocycles. The van der Waals surface area contributed by atoms with Gasteiger partial charge in [0.1, 0.15) is 0 Å². The second-order valence-corrected chi connectivity index (χ2v) is 1.28. The monoisotopic (exact) mass is 96.1 g/mol. The van der Waals surface area contributed by atoms with Crippen LogP contribution in [-0.4, -0.2) is 6.04 Å². The Kier molecular flexibility index (Phi) is 2.78. The largest absolute Gasteiger partial charge is 0.317 e. The first-order valence-electron chi connectivity index (χ1n) is 2.08. The zero-order valence-corrected chi connectivity index (χ0v) is 4.31. The predicted octanol–water partition coefficient (Wildman–Crippen LogP) is 0.632. The van der Waals surface area contributed by atoms with E-state index in [1.54, 1.807) is 12.3 Å². The summed E-state index contributed by atoms with van der Waals surface area (Å²) in [6, 6.07) is 0.102. The Morgan fingerprint density at radius 2 is 2.57 bits per heavy atom. The summed E-state index contributed by atoms with van der Waals surface area (Å²) in [5, 5.41) is 10.4. The van der Waals surface area contributed by atoms with E-state index in [1.807, 2.05) is 6.92 Å². The minimum atomic E-state index is 0.102. The van der Waals surface area contributed by atoms with Gasteiger partial charge in [0.05, 0.1) is 6.04 Å². The van der Waals surface area contributed by atoms with Gasteiger partial charge in [-0.15, -0.1) is 6.58 Å². The highest BCUT2D eigenvalue weighted by Gasteiger charge is 1.85. The Morgan fingerprint density at radius 1 is 2.00 bits per heavy atom. The Balaban J connectivity index is 3.21. The minimum Gasteiger partial charge on any atom is -0.317 e. The SMILES string of the molecule is C=CC(C)NC#N. The standard InChI is InChI=1S/C5H8N2/c1-3-5(2)7-4-6/h3,5,7H,1H2,2H3. The molecule has 1 atom stereocenters. The van der Waals surface area contributed by atoms with Gasteiger partial charge in [-0.25, -0.2) is 0 Å². The van der Waals surface area contributed by atoms with Gasteiger partial charge >= 0.3 is 0 Å². The number of hydrogen-bond acceptors (Lipinski definition) is 2. The molecule has 1 unspecified atom stereocenters. The molecule has 0 amide bonds. The highest BCUT2D eigenvalue weighted by atomic mass is 14.9. The molecule has 0 aromatic heterocycles. The number of nitrogens with zero attached hydrogens (tertiary/aromatic N) is 1. The molecule has 0 aliphatic carbocycles. The molecular weight excluding hydrogens is 88.1 g/mol. The van der Waals surface area contributed by atoms with Gasteiger partial charge in [0.25, 0.3) is 0 Å². The first-order chi connectivity index (χ1) is 3.31. The van der Waals surface area contributed by atoms with Gasteiger partial charge in [0, 0.05) is 0 Å². The number of nitrogens with one attached hydrogen (secondary N) is 1. The summed E-state index contributed by atoms with van der Waals surface area (Å²) in [5.74, 6) is 0. The van der Waals surface area contributed by atoms with Crippen LogP contribution in [0.4, 0.5) is 0 Å². The van der Waals surface area contributed by atoms with Crippen molar-refractivity contribution in [2.75, 3.05) is 0 Å². The van der Waals surface area contributed by atoms with Crippen molar-refractivity contribution in [3.05, 3.63) is 12.7 Å². The smallest absolute Gasteiger partial charge is 0.177 e. The van der Waals surface area contributed by atoms with E-state index < -0.39 is 0 Å². The molecule has 0 aromatic rings. The fraction of sp³-hybridized carbons (Fsp3) is 0.400. The van der Waals surface area contributed by atoms with Gasteiger partial charge in [-0.2, -0.15) is 5.26 Å². The molecule has 0 rings (SSSR count). The van der Waals surface area contributed by atoms with Crippen LogP contribution in [0.15, 0.2) is 12.7 Å². The molecule has 0 aliphatic heterocycles. The molecule has 0 saturated heterocycles. The Hall–Kier alpha value is -0.970. The van der Waals surface area contributed by atoms with Crippen LogP contribution in [0.25, 0.3) is 0 Å². The summed E-state index contributed by atoms with van der Waals surface area (Å²) in [6.07, 6.45) is 3.47. The number of nitriles is 1. The highest BCUT2D eigenvalue weighted by Crippen LogP contribution is 1.75. The summed E-state index contributed by atoms with van der Waals surface area (Å²) in [7, 11) is 0. The van der Waals surface area contributed by atoms with E-state index in [9.17, 15) is 0 Å². The molecule has 0 heterocycles. The molecule has 0 fully saturated rings. The third-order valence-electron chi connectivity index (χ3n) is 0.646. The second-order valence-electron chi connectivity index (χ2n) is 1.28. The molecule has 7 heavy (non-hydrogen) atoms. The average Bonchev–Trinajstić information content (AvgIpc) is 1.68. The first-order valence-corrected chi connectivity index (χ1v) is 2.08. The second kappa shape index (κ2) is 3.23. The van der Waals surface area contributed by atoms with E-state index in [1.165, 1.54) is 0 Å². The summed E-state index contributed by atoms with van der Waals surface area (Å²) in [6.45, 7) is 5.32. The molecule has 38 valence electrons. The molecule has 2 nitrogen and oxygen atoms in total. The summed E-state index contributed by atoms with van der Waals surface area (Å²) >= 11 is 0. The maximum atomic E-state index is 7.96. The third-order valence-corrected chi connectivity index (χ3v) is 0.646. The fourth-order valence-electron chi connectivity index (χ4n) is 0.161. The molecule has 1 N–H and O–H groups in total. The van der Waals surface area contributed by atoms with Gasteiger partial charge < -0.3 is 5.32 Å². The lowest BCUT2D eigenvalue weighted by Gasteiger charge is -1.96. The Morgan fingerprint density at radius 3 is 2.71 bits per heavy atom. The topological polar surface area (TPSA) is 35.8 Å². The summed E-state index contributed by atoms with van der Waals surface area (Å²) in [5.41, 5.74) is 0. The zero-order valence-electron chi connectivity index (χ0n) is 4.31. The molecule has 0 spiro atoms. The molecule has 2 heteroatoms. The molecule has 0 radical (unpaired) electrons. The average molecular weight is 96.1 g/mol. The van der Waals surface area contributed by atoms with E-state index in [0.717, 1.165) is 0 Å². The van der Waals surface area contributed by atoms with E-state index in [0.29, 0.717) is 0 Å². The Labute approximate surface area is 43.5 Å². The summed E-state index contributed by atoms with van der Waals surface area (Å²) < 4.78 is 0. The van der Waals surface area contributed by atoms with Gasteiger partial charge in [-0.1, -0.05) is 6.08 Å². The van der Waals surface area contributed by atoms with Crippen LogP contribution < -0.4 is 5.32 Å². The van der Waals surface area contributed by atoms with Gasteiger partial charge in [-0.3, -0.25) is 0 Å². The number of rotatable bonds is 2.